The zero-order valence-corrected chi connectivity index (χ0v) is 6.96. The molecule has 1 fully saturated rings. The van der Waals surface area contributed by atoms with Crippen LogP contribution in [0.5, 0.6) is 0 Å². The Morgan fingerprint density at radius 1 is 1.30 bits per heavy atom. The lowest BCUT2D eigenvalue weighted by molar-refractivity contribution is 0.262. The molecule has 4 heteroatoms. The molecular weight excluding hydrogens is 157 g/mol. The minimum absolute atomic E-state index is 0. The third-order valence-corrected chi connectivity index (χ3v) is 1.27. The van der Waals surface area contributed by atoms with E-state index in [-0.39, 0.29) is 12.4 Å². The van der Waals surface area contributed by atoms with Crippen LogP contribution in [0.1, 0.15) is 12.8 Å². The van der Waals surface area contributed by atoms with E-state index in [0.29, 0.717) is 12.8 Å². The van der Waals surface area contributed by atoms with Gasteiger partial charge in [-0.25, -0.2) is 4.39 Å². The van der Waals surface area contributed by atoms with Crippen LogP contribution in [0.15, 0.2) is 0 Å². The Balaban J connectivity index is 0. The van der Waals surface area contributed by atoms with Crippen molar-refractivity contribution in [3.63, 3.8) is 0 Å². The minimum atomic E-state index is -0.527. The fraction of sp³-hybridized carbons (Fsp3) is 1.00. The van der Waals surface area contributed by atoms with Gasteiger partial charge >= 0.3 is 0 Å². The highest BCUT2D eigenvalue weighted by molar-refractivity contribution is 5.85. The van der Waals surface area contributed by atoms with Crippen molar-refractivity contribution in [2.45, 2.75) is 19.0 Å². The molecule has 10 heavy (non-hydrogen) atoms. The number of aliphatic hydroxyl groups excluding tert-OH is 1. The van der Waals surface area contributed by atoms with Crippen molar-refractivity contribution >= 4 is 12.4 Å². The number of nitrogens with one attached hydrogen (secondary N) is 1. The first-order chi connectivity index (χ1) is 4.39. The monoisotopic (exact) mass is 171 g/mol. The molecule has 0 aromatic rings. The van der Waals surface area contributed by atoms with Crippen LogP contribution in [0.3, 0.4) is 0 Å². The first kappa shape index (κ1) is 12.8. The quantitative estimate of drug-likeness (QED) is 0.564. The third kappa shape index (κ3) is 6.26. The van der Waals surface area contributed by atoms with E-state index in [1.54, 1.807) is 0 Å². The van der Waals surface area contributed by atoms with E-state index in [2.05, 4.69) is 5.32 Å². The largest absolute Gasteiger partial charge is 0.400 e. The third-order valence-electron chi connectivity index (χ3n) is 1.27. The fourth-order valence-electron chi connectivity index (χ4n) is 0.787. The maximum absolute atomic E-state index is 12.1. The van der Waals surface area contributed by atoms with Gasteiger partial charge in [0.25, 0.3) is 0 Å². The summed E-state index contributed by atoms with van der Waals surface area (Å²) in [4.78, 5) is 0. The van der Waals surface area contributed by atoms with Gasteiger partial charge in [0.1, 0.15) is 6.17 Å². The van der Waals surface area contributed by atoms with Gasteiger partial charge in [-0.05, 0) is 25.9 Å². The summed E-state index contributed by atoms with van der Waals surface area (Å²) in [7, 11) is 1.00. The Bertz CT molecular complexity index is 59.7. The molecule has 0 saturated carbocycles. The molecule has 2 nitrogen and oxygen atoms in total. The summed E-state index contributed by atoms with van der Waals surface area (Å²) in [5.74, 6) is 0. The first-order valence-corrected chi connectivity index (χ1v) is 3.19. The molecule has 64 valence electrons. The SMILES string of the molecule is CO.Cl.FC1CCNCC1. The predicted molar refractivity (Wildman–Crippen MR) is 42.4 cm³/mol. The maximum atomic E-state index is 12.1. The van der Waals surface area contributed by atoms with E-state index >= 15 is 0 Å². The molecule has 0 radical (unpaired) electrons. The van der Waals surface area contributed by atoms with Gasteiger partial charge in [0.2, 0.25) is 0 Å². The Morgan fingerprint density at radius 3 is 1.90 bits per heavy atom. The first-order valence-electron chi connectivity index (χ1n) is 3.19. The molecule has 1 aliphatic rings. The van der Waals surface area contributed by atoms with Crippen molar-refractivity contribution in [2.24, 2.45) is 0 Å². The van der Waals surface area contributed by atoms with Gasteiger partial charge in [-0.2, -0.15) is 0 Å². The van der Waals surface area contributed by atoms with E-state index in [4.69, 9.17) is 5.11 Å². The molecule has 0 bridgehead atoms. The van der Waals surface area contributed by atoms with Crippen molar-refractivity contribution in [1.29, 1.82) is 0 Å². The van der Waals surface area contributed by atoms with Crippen LogP contribution in [0.2, 0.25) is 0 Å². The maximum Gasteiger partial charge on any atom is 0.103 e. The second-order valence-electron chi connectivity index (χ2n) is 1.92. The number of hydrogen-bond donors (Lipinski definition) is 2. The van der Waals surface area contributed by atoms with E-state index in [0.717, 1.165) is 20.2 Å². The molecule has 0 aromatic heterocycles. The highest BCUT2D eigenvalue weighted by Crippen LogP contribution is 2.04. The van der Waals surface area contributed by atoms with Gasteiger partial charge in [0.15, 0.2) is 0 Å². The van der Waals surface area contributed by atoms with E-state index in [9.17, 15) is 4.39 Å². The van der Waals surface area contributed by atoms with Gasteiger partial charge < -0.3 is 10.4 Å². The molecule has 1 heterocycles. The number of rotatable bonds is 0. The van der Waals surface area contributed by atoms with E-state index in [1.807, 2.05) is 0 Å². The summed E-state index contributed by atoms with van der Waals surface area (Å²) >= 11 is 0. The average Bonchev–Trinajstić information content (AvgIpc) is 1.94. The minimum Gasteiger partial charge on any atom is -0.400 e. The van der Waals surface area contributed by atoms with Gasteiger partial charge in [0, 0.05) is 7.11 Å². The smallest absolute Gasteiger partial charge is 0.103 e. The standard InChI is InChI=1S/C5H10FN.CH4O.ClH/c6-5-1-3-7-4-2-5;1-2;/h5,7H,1-4H2;2H,1H3;1H. The van der Waals surface area contributed by atoms with Crippen LogP contribution < -0.4 is 5.32 Å². The summed E-state index contributed by atoms with van der Waals surface area (Å²) < 4.78 is 12.1. The van der Waals surface area contributed by atoms with Crippen molar-refractivity contribution in [3.05, 3.63) is 0 Å². The van der Waals surface area contributed by atoms with Crippen LogP contribution in [-0.2, 0) is 0 Å². The second-order valence-corrected chi connectivity index (χ2v) is 1.92. The summed E-state index contributed by atoms with van der Waals surface area (Å²) in [5, 5.41) is 10.1. The second kappa shape index (κ2) is 9.14. The zero-order chi connectivity index (χ0) is 7.11. The van der Waals surface area contributed by atoms with Crippen LogP contribution in [0.4, 0.5) is 4.39 Å². The highest BCUT2D eigenvalue weighted by atomic mass is 35.5. The summed E-state index contributed by atoms with van der Waals surface area (Å²) in [6, 6.07) is 0. The van der Waals surface area contributed by atoms with Crippen LogP contribution in [0, 0.1) is 0 Å². The Labute approximate surface area is 67.2 Å². The molecule has 0 amide bonds. The number of piperidine rings is 1. The van der Waals surface area contributed by atoms with Crippen molar-refractivity contribution in [3.8, 4) is 0 Å². The lowest BCUT2D eigenvalue weighted by Crippen LogP contribution is -2.28. The molecule has 0 unspecified atom stereocenters. The molecule has 2 N–H and O–H groups in total. The van der Waals surface area contributed by atoms with Crippen LogP contribution in [0.25, 0.3) is 0 Å². The molecule has 0 spiro atoms. The molecular formula is C6H15ClFNO. The number of aliphatic hydroxyl groups is 1. The summed E-state index contributed by atoms with van der Waals surface area (Å²) in [6.45, 7) is 1.72. The summed E-state index contributed by atoms with van der Waals surface area (Å²) in [5.41, 5.74) is 0. The average molecular weight is 172 g/mol. The molecule has 0 aliphatic carbocycles. The predicted octanol–water partition coefficient (Wildman–Crippen LogP) is 0.738. The summed E-state index contributed by atoms with van der Waals surface area (Å²) in [6.07, 6.45) is 0.890. The van der Waals surface area contributed by atoms with E-state index in [1.165, 1.54) is 0 Å². The lowest BCUT2D eigenvalue weighted by Gasteiger charge is -2.14. The number of halogens is 2. The van der Waals surface area contributed by atoms with Crippen LogP contribution in [-0.4, -0.2) is 31.5 Å². The molecule has 1 saturated heterocycles. The number of alkyl halides is 1. The van der Waals surface area contributed by atoms with Crippen molar-refractivity contribution in [2.75, 3.05) is 20.2 Å². The van der Waals surface area contributed by atoms with Crippen molar-refractivity contribution in [1.82, 2.24) is 5.32 Å². The van der Waals surface area contributed by atoms with Gasteiger partial charge in [-0.1, -0.05) is 0 Å². The normalized spacial score (nSPS) is 18.3. The Kier molecular flexibility index (Phi) is 11.7. The van der Waals surface area contributed by atoms with Crippen molar-refractivity contribution < 1.29 is 9.50 Å². The molecule has 1 rings (SSSR count). The van der Waals surface area contributed by atoms with Crippen LogP contribution >= 0.6 is 12.4 Å². The lowest BCUT2D eigenvalue weighted by atomic mass is 10.1. The molecule has 0 aromatic carbocycles. The number of hydrogen-bond acceptors (Lipinski definition) is 2. The topological polar surface area (TPSA) is 32.3 Å². The van der Waals surface area contributed by atoms with E-state index < -0.39 is 6.17 Å². The van der Waals surface area contributed by atoms with Gasteiger partial charge in [-0.15, -0.1) is 12.4 Å². The Hall–Kier alpha value is 0.140. The zero-order valence-electron chi connectivity index (χ0n) is 6.14. The molecule has 0 atom stereocenters. The van der Waals surface area contributed by atoms with Gasteiger partial charge in [0.05, 0.1) is 0 Å². The van der Waals surface area contributed by atoms with Gasteiger partial charge in [-0.3, -0.25) is 0 Å². The fourth-order valence-corrected chi connectivity index (χ4v) is 0.787. The Morgan fingerprint density at radius 2 is 1.70 bits per heavy atom. The molecule has 1 aliphatic heterocycles. The highest BCUT2D eigenvalue weighted by Gasteiger charge is 2.09.